The summed E-state index contributed by atoms with van der Waals surface area (Å²) in [6.07, 6.45) is 6.67. The predicted molar refractivity (Wildman–Crippen MR) is 85.8 cm³/mol. The van der Waals surface area contributed by atoms with Gasteiger partial charge in [-0.05, 0) is 29.2 Å². The van der Waals surface area contributed by atoms with Crippen molar-refractivity contribution in [2.45, 2.75) is 0 Å². The Morgan fingerprint density at radius 3 is 2.71 bits per heavy atom. The van der Waals surface area contributed by atoms with Gasteiger partial charge in [-0.2, -0.15) is 0 Å². The minimum absolute atomic E-state index is 0.157. The Labute approximate surface area is 123 Å². The molecule has 0 radical (unpaired) electrons. The maximum absolute atomic E-state index is 12.0. The lowest BCUT2D eigenvalue weighted by molar-refractivity contribution is -0.111. The van der Waals surface area contributed by atoms with E-state index in [-0.39, 0.29) is 5.91 Å². The molecule has 2 aromatic carbocycles. The monoisotopic (exact) mass is 274 g/mol. The second kappa shape index (κ2) is 6.01. The highest BCUT2D eigenvalue weighted by molar-refractivity contribution is 6.07. The van der Waals surface area contributed by atoms with Crippen LogP contribution < -0.4 is 5.32 Å². The molecule has 0 saturated carbocycles. The number of carbonyl (C=O) groups excluding carboxylic acids is 1. The summed E-state index contributed by atoms with van der Waals surface area (Å²) in [6.45, 7) is 0. The third-order valence-electron chi connectivity index (χ3n) is 3.16. The van der Waals surface area contributed by atoms with Crippen molar-refractivity contribution in [3.63, 3.8) is 0 Å². The molecule has 3 heteroatoms. The van der Waals surface area contributed by atoms with Crippen LogP contribution in [0.4, 0.5) is 5.69 Å². The molecule has 1 N–H and O–H groups in total. The summed E-state index contributed by atoms with van der Waals surface area (Å²) in [5.74, 6) is -0.157. The number of hydrogen-bond donors (Lipinski definition) is 1. The van der Waals surface area contributed by atoms with Crippen LogP contribution in [0.25, 0.3) is 16.8 Å². The summed E-state index contributed by atoms with van der Waals surface area (Å²) >= 11 is 0. The van der Waals surface area contributed by atoms with E-state index in [1.807, 2.05) is 54.6 Å². The molecule has 3 aromatic rings. The average molecular weight is 274 g/mol. The van der Waals surface area contributed by atoms with E-state index in [1.54, 1.807) is 18.5 Å². The highest BCUT2D eigenvalue weighted by atomic mass is 16.1. The second-order valence-electron chi connectivity index (χ2n) is 4.64. The molecular weight excluding hydrogens is 260 g/mol. The van der Waals surface area contributed by atoms with Gasteiger partial charge in [-0.15, -0.1) is 0 Å². The number of nitrogens with one attached hydrogen (secondary N) is 1. The molecule has 3 rings (SSSR count). The first-order chi connectivity index (χ1) is 10.3. The molecule has 3 nitrogen and oxygen atoms in total. The van der Waals surface area contributed by atoms with Crippen LogP contribution in [0.3, 0.4) is 0 Å². The van der Waals surface area contributed by atoms with E-state index < -0.39 is 0 Å². The highest BCUT2D eigenvalue weighted by Gasteiger charge is 2.02. The van der Waals surface area contributed by atoms with Crippen LogP contribution in [0.1, 0.15) is 5.56 Å². The van der Waals surface area contributed by atoms with Gasteiger partial charge in [0.1, 0.15) is 0 Å². The Morgan fingerprint density at radius 1 is 1.00 bits per heavy atom. The lowest BCUT2D eigenvalue weighted by Gasteiger charge is -2.06. The summed E-state index contributed by atoms with van der Waals surface area (Å²) in [7, 11) is 0. The van der Waals surface area contributed by atoms with Gasteiger partial charge < -0.3 is 5.32 Å². The van der Waals surface area contributed by atoms with Crippen LogP contribution in [0, 0.1) is 0 Å². The molecule has 0 aliphatic heterocycles. The third kappa shape index (κ3) is 3.15. The van der Waals surface area contributed by atoms with Crippen LogP contribution >= 0.6 is 0 Å². The largest absolute Gasteiger partial charge is 0.322 e. The summed E-state index contributed by atoms with van der Waals surface area (Å²) in [4.78, 5) is 16.0. The predicted octanol–water partition coefficient (Wildman–Crippen LogP) is 3.89. The molecule has 0 saturated heterocycles. The fourth-order valence-corrected chi connectivity index (χ4v) is 2.16. The lowest BCUT2D eigenvalue weighted by atomic mass is 10.1. The third-order valence-corrected chi connectivity index (χ3v) is 3.16. The van der Waals surface area contributed by atoms with Crippen molar-refractivity contribution in [3.8, 4) is 0 Å². The number of pyridine rings is 1. The maximum Gasteiger partial charge on any atom is 0.248 e. The second-order valence-corrected chi connectivity index (χ2v) is 4.64. The van der Waals surface area contributed by atoms with Crippen LogP contribution in [0.15, 0.2) is 73.1 Å². The first-order valence-corrected chi connectivity index (χ1v) is 6.70. The van der Waals surface area contributed by atoms with Crippen molar-refractivity contribution in [1.82, 2.24) is 4.98 Å². The zero-order valence-corrected chi connectivity index (χ0v) is 11.4. The summed E-state index contributed by atoms with van der Waals surface area (Å²) in [6, 6.07) is 17.6. The molecular formula is C18H14N2O. The van der Waals surface area contributed by atoms with E-state index in [0.717, 1.165) is 22.0 Å². The number of benzene rings is 2. The van der Waals surface area contributed by atoms with Gasteiger partial charge in [-0.1, -0.05) is 42.5 Å². The van der Waals surface area contributed by atoms with E-state index >= 15 is 0 Å². The van der Waals surface area contributed by atoms with Crippen LogP contribution in [0.5, 0.6) is 0 Å². The minimum Gasteiger partial charge on any atom is -0.322 e. The van der Waals surface area contributed by atoms with Gasteiger partial charge in [0.25, 0.3) is 0 Å². The lowest BCUT2D eigenvalue weighted by Crippen LogP contribution is -2.07. The number of aromatic nitrogens is 1. The number of carbonyl (C=O) groups is 1. The Balaban J connectivity index is 1.79. The molecule has 0 fully saturated rings. The van der Waals surface area contributed by atoms with Crippen molar-refractivity contribution in [2.24, 2.45) is 0 Å². The van der Waals surface area contributed by atoms with Gasteiger partial charge in [0.05, 0.1) is 0 Å². The molecule has 0 spiro atoms. The zero-order valence-electron chi connectivity index (χ0n) is 11.4. The summed E-state index contributed by atoms with van der Waals surface area (Å²) in [5.41, 5.74) is 1.71. The molecule has 0 aliphatic rings. The van der Waals surface area contributed by atoms with Crippen molar-refractivity contribution < 1.29 is 4.79 Å². The number of hydrogen-bond acceptors (Lipinski definition) is 2. The van der Waals surface area contributed by atoms with Gasteiger partial charge in [-0.3, -0.25) is 9.78 Å². The molecule has 0 aliphatic carbocycles. The smallest absolute Gasteiger partial charge is 0.248 e. The standard InChI is InChI=1S/C18H14N2O/c21-18(11-10-14-5-4-12-19-13-14)20-17-9-3-7-15-6-1-2-8-16(15)17/h1-13H,(H,20,21)/b11-10+. The van der Waals surface area contributed by atoms with E-state index in [1.165, 1.54) is 6.08 Å². The molecule has 21 heavy (non-hydrogen) atoms. The zero-order chi connectivity index (χ0) is 14.5. The molecule has 1 aromatic heterocycles. The number of amides is 1. The summed E-state index contributed by atoms with van der Waals surface area (Å²) < 4.78 is 0. The van der Waals surface area contributed by atoms with E-state index in [4.69, 9.17) is 0 Å². The number of anilines is 1. The number of nitrogens with zero attached hydrogens (tertiary/aromatic N) is 1. The molecule has 1 heterocycles. The van der Waals surface area contributed by atoms with Crippen LogP contribution in [-0.2, 0) is 4.79 Å². The Bertz CT molecular complexity index is 789. The Hall–Kier alpha value is -2.94. The topological polar surface area (TPSA) is 42.0 Å². The molecule has 0 bridgehead atoms. The van der Waals surface area contributed by atoms with E-state index in [0.29, 0.717) is 0 Å². The molecule has 0 unspecified atom stereocenters. The summed E-state index contributed by atoms with van der Waals surface area (Å²) in [5, 5.41) is 5.04. The van der Waals surface area contributed by atoms with Crippen LogP contribution in [-0.4, -0.2) is 10.9 Å². The Kier molecular flexibility index (Phi) is 3.74. The molecule has 1 amide bonds. The van der Waals surface area contributed by atoms with Gasteiger partial charge in [0, 0.05) is 29.5 Å². The van der Waals surface area contributed by atoms with Crippen molar-refractivity contribution in [1.29, 1.82) is 0 Å². The Morgan fingerprint density at radius 2 is 1.86 bits per heavy atom. The first-order valence-electron chi connectivity index (χ1n) is 6.70. The number of rotatable bonds is 3. The molecule has 0 atom stereocenters. The van der Waals surface area contributed by atoms with Crippen molar-refractivity contribution in [2.75, 3.05) is 5.32 Å². The van der Waals surface area contributed by atoms with E-state index in [2.05, 4.69) is 10.3 Å². The first kappa shape index (κ1) is 13.1. The van der Waals surface area contributed by atoms with Crippen LogP contribution in [0.2, 0.25) is 0 Å². The van der Waals surface area contributed by atoms with Crippen molar-refractivity contribution in [3.05, 3.63) is 78.6 Å². The van der Waals surface area contributed by atoms with E-state index in [9.17, 15) is 4.79 Å². The minimum atomic E-state index is -0.157. The maximum atomic E-state index is 12.0. The van der Waals surface area contributed by atoms with Gasteiger partial charge in [0.2, 0.25) is 5.91 Å². The quantitative estimate of drug-likeness (QED) is 0.736. The van der Waals surface area contributed by atoms with Crippen molar-refractivity contribution >= 4 is 28.4 Å². The average Bonchev–Trinajstić information content (AvgIpc) is 2.54. The SMILES string of the molecule is O=C(/C=C/c1cccnc1)Nc1cccc2ccccc12. The van der Waals surface area contributed by atoms with Gasteiger partial charge in [-0.25, -0.2) is 0 Å². The molecule has 102 valence electrons. The highest BCUT2D eigenvalue weighted by Crippen LogP contribution is 2.22. The van der Waals surface area contributed by atoms with Gasteiger partial charge >= 0.3 is 0 Å². The normalized spacial score (nSPS) is 10.9. The number of fused-ring (bicyclic) bond motifs is 1. The fourth-order valence-electron chi connectivity index (χ4n) is 2.16. The van der Waals surface area contributed by atoms with Gasteiger partial charge in [0.15, 0.2) is 0 Å². The fraction of sp³-hybridized carbons (Fsp3) is 0.